The average Bonchev–Trinajstić information content (AvgIpc) is 2.61. The Morgan fingerprint density at radius 2 is 1.17 bits per heavy atom. The number of fused-ring (bicyclic) bond motifs is 3. The van der Waals surface area contributed by atoms with E-state index in [2.05, 4.69) is 60.7 Å². The Bertz CT molecular complexity index is 1010. The molecule has 0 aliphatic carbocycles. The van der Waals surface area contributed by atoms with Crippen LogP contribution in [0.1, 0.15) is 11.1 Å². The summed E-state index contributed by atoms with van der Waals surface area (Å²) < 4.78 is 12.9. The van der Waals surface area contributed by atoms with Crippen LogP contribution in [0.25, 0.3) is 33.7 Å². The quantitative estimate of drug-likeness (QED) is 0.301. The third kappa shape index (κ3) is 2.74. The van der Waals surface area contributed by atoms with E-state index < -0.39 is 0 Å². The second-order valence-corrected chi connectivity index (χ2v) is 5.65. The number of benzene rings is 4. The maximum atomic E-state index is 12.9. The summed E-state index contributed by atoms with van der Waals surface area (Å²) in [4.78, 5) is 0. The molecule has 0 heterocycles. The van der Waals surface area contributed by atoms with Crippen molar-refractivity contribution in [3.63, 3.8) is 0 Å². The number of hydrogen-bond acceptors (Lipinski definition) is 0. The minimum atomic E-state index is -0.209. The van der Waals surface area contributed by atoms with Crippen LogP contribution in [0.2, 0.25) is 0 Å². The van der Waals surface area contributed by atoms with Gasteiger partial charge in [0.15, 0.2) is 0 Å². The normalized spacial score (nSPS) is 11.5. The van der Waals surface area contributed by atoms with Gasteiger partial charge in [0, 0.05) is 0 Å². The highest BCUT2D eigenvalue weighted by molar-refractivity contribution is 6.08. The van der Waals surface area contributed by atoms with Crippen molar-refractivity contribution >= 4 is 33.7 Å². The van der Waals surface area contributed by atoms with E-state index in [0.717, 1.165) is 11.1 Å². The van der Waals surface area contributed by atoms with Crippen molar-refractivity contribution in [2.24, 2.45) is 0 Å². The summed E-state index contributed by atoms with van der Waals surface area (Å²) in [5, 5.41) is 5.01. The Labute approximate surface area is 134 Å². The summed E-state index contributed by atoms with van der Waals surface area (Å²) in [6.45, 7) is 0. The minimum absolute atomic E-state index is 0.209. The van der Waals surface area contributed by atoms with Crippen molar-refractivity contribution in [1.82, 2.24) is 0 Å². The van der Waals surface area contributed by atoms with Crippen LogP contribution in [0, 0.1) is 5.82 Å². The molecular weight excluding hydrogens is 283 g/mol. The SMILES string of the molecule is Fc1ccc(/C=C/c2ccc3ccc4ccccc4c3c2)cc1. The monoisotopic (exact) mass is 298 g/mol. The van der Waals surface area contributed by atoms with Crippen molar-refractivity contribution in [1.29, 1.82) is 0 Å². The van der Waals surface area contributed by atoms with Crippen LogP contribution in [0.4, 0.5) is 4.39 Å². The van der Waals surface area contributed by atoms with Gasteiger partial charge in [-0.2, -0.15) is 0 Å². The van der Waals surface area contributed by atoms with Crippen molar-refractivity contribution in [3.8, 4) is 0 Å². The van der Waals surface area contributed by atoms with Crippen LogP contribution in [0.15, 0.2) is 78.9 Å². The van der Waals surface area contributed by atoms with Gasteiger partial charge in [-0.25, -0.2) is 4.39 Å². The van der Waals surface area contributed by atoms with E-state index in [1.807, 2.05) is 6.08 Å². The largest absolute Gasteiger partial charge is 0.207 e. The number of hydrogen-bond donors (Lipinski definition) is 0. The van der Waals surface area contributed by atoms with E-state index in [4.69, 9.17) is 0 Å². The van der Waals surface area contributed by atoms with Crippen molar-refractivity contribution < 1.29 is 4.39 Å². The maximum Gasteiger partial charge on any atom is 0.123 e. The van der Waals surface area contributed by atoms with E-state index in [1.165, 1.54) is 33.7 Å². The Hall–Kier alpha value is -2.93. The molecule has 4 rings (SSSR count). The molecule has 0 nitrogen and oxygen atoms in total. The number of halogens is 1. The topological polar surface area (TPSA) is 0 Å². The summed E-state index contributed by atoms with van der Waals surface area (Å²) in [5.41, 5.74) is 2.13. The first-order valence-corrected chi connectivity index (χ1v) is 7.65. The standard InChI is InChI=1S/C22H15F/c23-20-13-8-16(9-14-20)5-6-17-7-10-19-12-11-18-3-1-2-4-21(18)22(19)15-17/h1-15H/b6-5+. The molecule has 0 aliphatic rings. The zero-order valence-corrected chi connectivity index (χ0v) is 12.5. The molecule has 0 aromatic heterocycles. The van der Waals surface area contributed by atoms with Gasteiger partial charge < -0.3 is 0 Å². The highest BCUT2D eigenvalue weighted by Gasteiger charge is 2.00. The Kier molecular flexibility index (Phi) is 3.39. The summed E-state index contributed by atoms with van der Waals surface area (Å²) in [5.74, 6) is -0.209. The fraction of sp³-hybridized carbons (Fsp3) is 0. The Morgan fingerprint density at radius 3 is 2.00 bits per heavy atom. The van der Waals surface area contributed by atoms with Gasteiger partial charge in [-0.1, -0.05) is 72.8 Å². The zero-order valence-electron chi connectivity index (χ0n) is 12.5. The van der Waals surface area contributed by atoms with Gasteiger partial charge in [-0.15, -0.1) is 0 Å². The van der Waals surface area contributed by atoms with E-state index in [1.54, 1.807) is 12.1 Å². The van der Waals surface area contributed by atoms with E-state index in [0.29, 0.717) is 0 Å². The summed E-state index contributed by atoms with van der Waals surface area (Å²) in [6, 6.07) is 25.7. The van der Waals surface area contributed by atoms with Gasteiger partial charge in [0.1, 0.15) is 5.82 Å². The highest BCUT2D eigenvalue weighted by Crippen LogP contribution is 2.26. The van der Waals surface area contributed by atoms with Crippen LogP contribution >= 0.6 is 0 Å². The van der Waals surface area contributed by atoms with Crippen LogP contribution in [0.5, 0.6) is 0 Å². The van der Waals surface area contributed by atoms with Gasteiger partial charge in [-0.3, -0.25) is 0 Å². The van der Waals surface area contributed by atoms with E-state index >= 15 is 0 Å². The Morgan fingerprint density at radius 1 is 0.565 bits per heavy atom. The van der Waals surface area contributed by atoms with Crippen molar-refractivity contribution in [3.05, 3.63) is 95.8 Å². The third-order valence-electron chi connectivity index (χ3n) is 4.11. The predicted molar refractivity (Wildman–Crippen MR) is 96.8 cm³/mol. The molecule has 0 saturated heterocycles. The third-order valence-corrected chi connectivity index (χ3v) is 4.11. The minimum Gasteiger partial charge on any atom is -0.207 e. The van der Waals surface area contributed by atoms with Crippen LogP contribution in [0.3, 0.4) is 0 Å². The number of rotatable bonds is 2. The van der Waals surface area contributed by atoms with Gasteiger partial charge in [0.25, 0.3) is 0 Å². The van der Waals surface area contributed by atoms with Crippen molar-refractivity contribution in [2.45, 2.75) is 0 Å². The molecule has 0 spiro atoms. The average molecular weight is 298 g/mol. The predicted octanol–water partition coefficient (Wildman–Crippen LogP) is 6.30. The first-order chi connectivity index (χ1) is 11.3. The molecular formula is C22H15F. The van der Waals surface area contributed by atoms with Gasteiger partial charge in [0.2, 0.25) is 0 Å². The molecule has 0 bridgehead atoms. The second kappa shape index (κ2) is 5.69. The summed E-state index contributed by atoms with van der Waals surface area (Å²) in [6.07, 6.45) is 4.07. The lowest BCUT2D eigenvalue weighted by Crippen LogP contribution is -1.80. The summed E-state index contributed by atoms with van der Waals surface area (Å²) in [7, 11) is 0. The molecule has 4 aromatic rings. The highest BCUT2D eigenvalue weighted by atomic mass is 19.1. The molecule has 0 N–H and O–H groups in total. The fourth-order valence-corrected chi connectivity index (χ4v) is 2.89. The molecule has 23 heavy (non-hydrogen) atoms. The Balaban J connectivity index is 1.78. The molecule has 0 atom stereocenters. The molecule has 0 amide bonds. The fourth-order valence-electron chi connectivity index (χ4n) is 2.89. The first kappa shape index (κ1) is 13.7. The first-order valence-electron chi connectivity index (χ1n) is 7.65. The van der Waals surface area contributed by atoms with E-state index in [9.17, 15) is 4.39 Å². The summed E-state index contributed by atoms with van der Waals surface area (Å²) >= 11 is 0. The van der Waals surface area contributed by atoms with Crippen LogP contribution in [-0.2, 0) is 0 Å². The molecule has 0 unspecified atom stereocenters. The molecule has 1 heteroatoms. The molecule has 0 fully saturated rings. The molecule has 0 aliphatic heterocycles. The lowest BCUT2D eigenvalue weighted by atomic mass is 10.00. The molecule has 4 aromatic carbocycles. The molecule has 110 valence electrons. The maximum absolute atomic E-state index is 12.9. The van der Waals surface area contributed by atoms with Crippen LogP contribution in [-0.4, -0.2) is 0 Å². The lowest BCUT2D eigenvalue weighted by molar-refractivity contribution is 0.628. The molecule has 0 radical (unpaired) electrons. The van der Waals surface area contributed by atoms with E-state index in [-0.39, 0.29) is 5.82 Å². The zero-order chi connectivity index (χ0) is 15.6. The van der Waals surface area contributed by atoms with Crippen LogP contribution < -0.4 is 0 Å². The lowest BCUT2D eigenvalue weighted by Gasteiger charge is -2.05. The molecule has 0 saturated carbocycles. The second-order valence-electron chi connectivity index (χ2n) is 5.65. The van der Waals surface area contributed by atoms with Crippen molar-refractivity contribution in [2.75, 3.05) is 0 Å². The van der Waals surface area contributed by atoms with Gasteiger partial charge in [0.05, 0.1) is 0 Å². The smallest absolute Gasteiger partial charge is 0.123 e. The van der Waals surface area contributed by atoms with Gasteiger partial charge in [-0.05, 0) is 50.9 Å². The van der Waals surface area contributed by atoms with Gasteiger partial charge >= 0.3 is 0 Å².